The third-order valence-electron chi connectivity index (χ3n) is 0.597. The van der Waals surface area contributed by atoms with Crippen molar-refractivity contribution in [2.75, 3.05) is 19.6 Å². The summed E-state index contributed by atoms with van der Waals surface area (Å²) < 4.78 is 0. The summed E-state index contributed by atoms with van der Waals surface area (Å²) in [4.78, 5) is 9.77. The summed E-state index contributed by atoms with van der Waals surface area (Å²) in [6.07, 6.45) is 0. The molecule has 4 nitrogen and oxygen atoms in total. The Kier molecular flexibility index (Phi) is 19.4. The number of hydrogen-bond donors (Lipinski definition) is 3. The summed E-state index contributed by atoms with van der Waals surface area (Å²) in [7, 11) is 0. The highest BCUT2D eigenvalue weighted by Crippen LogP contribution is 1.56. The molecule has 0 unspecified atom stereocenters. The van der Waals surface area contributed by atoms with Crippen molar-refractivity contribution < 1.29 is 9.90 Å². The monoisotopic (exact) mass is 190 g/mol. The SMILES string of the molecule is Cl.Cl.NCCNCC(=O)O. The highest BCUT2D eigenvalue weighted by molar-refractivity contribution is 5.85. The van der Waals surface area contributed by atoms with E-state index in [1.54, 1.807) is 0 Å². The van der Waals surface area contributed by atoms with Gasteiger partial charge in [0.1, 0.15) is 0 Å². The summed E-state index contributed by atoms with van der Waals surface area (Å²) in [5, 5.41) is 10.6. The highest BCUT2D eigenvalue weighted by Gasteiger charge is 1.90. The Morgan fingerprint density at radius 3 is 2.30 bits per heavy atom. The van der Waals surface area contributed by atoms with Gasteiger partial charge >= 0.3 is 5.97 Å². The third-order valence-corrected chi connectivity index (χ3v) is 0.597. The Bertz CT molecular complexity index is 81.7. The number of nitrogens with one attached hydrogen (secondary N) is 1. The first kappa shape index (κ1) is 16.5. The maximum absolute atomic E-state index is 9.77. The maximum Gasteiger partial charge on any atom is 0.317 e. The van der Waals surface area contributed by atoms with Crippen LogP contribution in [-0.2, 0) is 4.79 Å². The van der Waals surface area contributed by atoms with Crippen LogP contribution in [0.4, 0.5) is 0 Å². The van der Waals surface area contributed by atoms with Crippen molar-refractivity contribution in [1.29, 1.82) is 0 Å². The number of aliphatic carboxylic acids is 1. The van der Waals surface area contributed by atoms with Crippen LogP contribution in [0.3, 0.4) is 0 Å². The second-order valence-electron chi connectivity index (χ2n) is 1.36. The first-order valence-corrected chi connectivity index (χ1v) is 2.40. The van der Waals surface area contributed by atoms with Crippen LogP contribution < -0.4 is 11.1 Å². The molecule has 0 bridgehead atoms. The van der Waals surface area contributed by atoms with E-state index >= 15 is 0 Å². The molecule has 0 aliphatic rings. The number of carboxylic acid groups (broad SMARTS) is 1. The molecule has 10 heavy (non-hydrogen) atoms. The molecule has 0 aromatic carbocycles. The number of nitrogens with two attached hydrogens (primary N) is 1. The summed E-state index contributed by atoms with van der Waals surface area (Å²) in [5.41, 5.74) is 5.06. The molecule has 0 rings (SSSR count). The number of carbonyl (C=O) groups is 1. The van der Waals surface area contributed by atoms with Gasteiger partial charge in [-0.05, 0) is 0 Å². The molecule has 6 heteroatoms. The predicted molar refractivity (Wildman–Crippen MR) is 44.1 cm³/mol. The lowest BCUT2D eigenvalue weighted by atomic mass is 10.6. The normalized spacial score (nSPS) is 7.30. The van der Waals surface area contributed by atoms with Crippen molar-refractivity contribution in [1.82, 2.24) is 5.32 Å². The van der Waals surface area contributed by atoms with Gasteiger partial charge in [0.25, 0.3) is 0 Å². The predicted octanol–water partition coefficient (Wildman–Crippen LogP) is -0.537. The van der Waals surface area contributed by atoms with E-state index in [4.69, 9.17) is 10.8 Å². The van der Waals surface area contributed by atoms with E-state index in [0.29, 0.717) is 13.1 Å². The average molecular weight is 191 g/mol. The fraction of sp³-hybridized carbons (Fsp3) is 0.750. The summed E-state index contributed by atoms with van der Waals surface area (Å²) in [6, 6.07) is 0. The fourth-order valence-electron chi connectivity index (χ4n) is 0.297. The zero-order valence-corrected chi connectivity index (χ0v) is 7.00. The lowest BCUT2D eigenvalue weighted by molar-refractivity contribution is -0.135. The molecular formula is C4H12Cl2N2O2. The summed E-state index contributed by atoms with van der Waals surface area (Å²) in [6.45, 7) is 1.04. The fourth-order valence-corrected chi connectivity index (χ4v) is 0.297. The van der Waals surface area contributed by atoms with Crippen LogP contribution in [-0.4, -0.2) is 30.7 Å². The first-order valence-electron chi connectivity index (χ1n) is 2.40. The van der Waals surface area contributed by atoms with Crippen molar-refractivity contribution >= 4 is 30.8 Å². The van der Waals surface area contributed by atoms with E-state index in [2.05, 4.69) is 5.32 Å². The van der Waals surface area contributed by atoms with E-state index in [1.165, 1.54) is 0 Å². The number of carboxylic acids is 1. The Morgan fingerprint density at radius 1 is 1.50 bits per heavy atom. The van der Waals surface area contributed by atoms with Gasteiger partial charge in [-0.15, -0.1) is 24.8 Å². The van der Waals surface area contributed by atoms with E-state index in [0.717, 1.165) is 0 Å². The van der Waals surface area contributed by atoms with Gasteiger partial charge in [0.2, 0.25) is 0 Å². The molecule has 0 aromatic heterocycles. The molecular weight excluding hydrogens is 179 g/mol. The standard InChI is InChI=1S/C4H10N2O2.2ClH/c5-1-2-6-3-4(7)8;;/h6H,1-3,5H2,(H,7,8);2*1H. The Labute approximate surface area is 72.0 Å². The largest absolute Gasteiger partial charge is 0.480 e. The molecule has 0 aliphatic carbocycles. The Morgan fingerprint density at radius 2 is 2.00 bits per heavy atom. The minimum Gasteiger partial charge on any atom is -0.480 e. The summed E-state index contributed by atoms with van der Waals surface area (Å²) >= 11 is 0. The molecule has 0 spiro atoms. The number of hydrogen-bond acceptors (Lipinski definition) is 3. The average Bonchev–Trinajstić information content (AvgIpc) is 1.66. The second-order valence-corrected chi connectivity index (χ2v) is 1.36. The van der Waals surface area contributed by atoms with Gasteiger partial charge in [0, 0.05) is 13.1 Å². The number of rotatable bonds is 4. The molecule has 0 amide bonds. The van der Waals surface area contributed by atoms with Crippen molar-refractivity contribution in [3.63, 3.8) is 0 Å². The number of halogens is 2. The summed E-state index contributed by atoms with van der Waals surface area (Å²) in [5.74, 6) is -0.849. The molecule has 0 radical (unpaired) electrons. The lowest BCUT2D eigenvalue weighted by Crippen LogP contribution is -2.27. The van der Waals surface area contributed by atoms with Gasteiger partial charge < -0.3 is 16.2 Å². The zero-order valence-electron chi connectivity index (χ0n) is 5.37. The van der Waals surface area contributed by atoms with Gasteiger partial charge in [0.15, 0.2) is 0 Å². The molecule has 64 valence electrons. The van der Waals surface area contributed by atoms with Crippen molar-refractivity contribution in [2.45, 2.75) is 0 Å². The van der Waals surface area contributed by atoms with Gasteiger partial charge in [-0.1, -0.05) is 0 Å². The van der Waals surface area contributed by atoms with Crippen molar-refractivity contribution in [3.05, 3.63) is 0 Å². The third kappa shape index (κ3) is 15.7. The van der Waals surface area contributed by atoms with E-state index < -0.39 is 5.97 Å². The highest BCUT2D eigenvalue weighted by atomic mass is 35.5. The lowest BCUT2D eigenvalue weighted by Gasteiger charge is -1.94. The first-order chi connectivity index (χ1) is 3.77. The second kappa shape index (κ2) is 11.7. The topological polar surface area (TPSA) is 75.3 Å². The molecule has 0 saturated heterocycles. The van der Waals surface area contributed by atoms with Crippen LogP contribution in [0.15, 0.2) is 0 Å². The molecule has 0 heterocycles. The van der Waals surface area contributed by atoms with Crippen LogP contribution in [0.1, 0.15) is 0 Å². The maximum atomic E-state index is 9.77. The quantitative estimate of drug-likeness (QED) is 0.522. The van der Waals surface area contributed by atoms with Crippen LogP contribution in [0.25, 0.3) is 0 Å². The smallest absolute Gasteiger partial charge is 0.317 e. The zero-order chi connectivity index (χ0) is 6.41. The van der Waals surface area contributed by atoms with E-state index in [9.17, 15) is 4.79 Å². The molecule has 0 fully saturated rings. The van der Waals surface area contributed by atoms with Gasteiger partial charge in [-0.3, -0.25) is 4.79 Å². The van der Waals surface area contributed by atoms with E-state index in [-0.39, 0.29) is 31.4 Å². The van der Waals surface area contributed by atoms with Gasteiger partial charge in [0.05, 0.1) is 6.54 Å². The van der Waals surface area contributed by atoms with Gasteiger partial charge in [-0.2, -0.15) is 0 Å². The van der Waals surface area contributed by atoms with Crippen LogP contribution >= 0.6 is 24.8 Å². The van der Waals surface area contributed by atoms with Crippen LogP contribution in [0.5, 0.6) is 0 Å². The molecule has 0 saturated carbocycles. The Hall–Kier alpha value is -0.0300. The van der Waals surface area contributed by atoms with Gasteiger partial charge in [-0.25, -0.2) is 0 Å². The molecule has 0 aromatic rings. The van der Waals surface area contributed by atoms with Crippen LogP contribution in [0.2, 0.25) is 0 Å². The Balaban J connectivity index is -0.000000245. The minimum absolute atomic E-state index is 0. The van der Waals surface area contributed by atoms with Crippen LogP contribution in [0, 0.1) is 0 Å². The van der Waals surface area contributed by atoms with Crippen molar-refractivity contribution in [3.8, 4) is 0 Å². The molecule has 0 atom stereocenters. The molecule has 0 aliphatic heterocycles. The minimum atomic E-state index is -0.849. The van der Waals surface area contributed by atoms with Crippen molar-refractivity contribution in [2.24, 2.45) is 5.73 Å². The molecule has 4 N–H and O–H groups in total. The van der Waals surface area contributed by atoms with E-state index in [1.807, 2.05) is 0 Å².